The second-order valence-corrected chi connectivity index (χ2v) is 5.34. The van der Waals surface area contributed by atoms with Crippen LogP contribution in [0.5, 0.6) is 0 Å². The molecule has 2 atom stereocenters. The smallest absolute Gasteiger partial charge is 0.302 e. The molecule has 0 unspecified atom stereocenters. The van der Waals surface area contributed by atoms with Crippen LogP contribution in [0, 0.1) is 23.7 Å². The van der Waals surface area contributed by atoms with Crippen molar-refractivity contribution in [1.82, 2.24) is 0 Å². The molecule has 24 heavy (non-hydrogen) atoms. The number of aliphatic hydroxyl groups is 2. The Labute approximate surface area is 145 Å². The molecule has 0 aromatic rings. The molecule has 4 heteroatoms. The minimum Gasteiger partial charge on any atom is -0.466 e. The second-order valence-electron chi connectivity index (χ2n) is 5.34. The van der Waals surface area contributed by atoms with Crippen molar-refractivity contribution in [3.8, 4) is 23.7 Å². The highest BCUT2D eigenvalue weighted by Gasteiger charge is 1.94. The van der Waals surface area contributed by atoms with E-state index in [2.05, 4.69) is 30.3 Å². The molecule has 0 aliphatic rings. The van der Waals surface area contributed by atoms with Gasteiger partial charge in [0.2, 0.25) is 0 Å². The fraction of sp³-hybridized carbons (Fsp3) is 0.550. The number of hydrogen-bond acceptors (Lipinski definition) is 4. The van der Waals surface area contributed by atoms with Gasteiger partial charge in [0.25, 0.3) is 0 Å². The average molecular weight is 332 g/mol. The molecule has 0 aliphatic carbocycles. The van der Waals surface area contributed by atoms with Gasteiger partial charge in [-0.05, 0) is 37.2 Å². The second kappa shape index (κ2) is 15.9. The minimum atomic E-state index is -0.881. The van der Waals surface area contributed by atoms with E-state index in [0.29, 0.717) is 6.61 Å². The van der Waals surface area contributed by atoms with Crippen LogP contribution in [-0.2, 0) is 9.53 Å². The van der Waals surface area contributed by atoms with Crippen molar-refractivity contribution < 1.29 is 19.7 Å². The van der Waals surface area contributed by atoms with Crippen molar-refractivity contribution in [2.24, 2.45) is 0 Å². The fourth-order valence-electron chi connectivity index (χ4n) is 1.84. The van der Waals surface area contributed by atoms with E-state index in [-0.39, 0.29) is 5.97 Å². The van der Waals surface area contributed by atoms with E-state index in [4.69, 9.17) is 9.84 Å². The molecule has 0 saturated heterocycles. The zero-order valence-electron chi connectivity index (χ0n) is 14.5. The lowest BCUT2D eigenvalue weighted by molar-refractivity contribution is -0.141. The van der Waals surface area contributed by atoms with E-state index in [1.165, 1.54) is 13.0 Å². The van der Waals surface area contributed by atoms with Gasteiger partial charge in [-0.15, -0.1) is 0 Å². The summed E-state index contributed by atoms with van der Waals surface area (Å²) in [6.07, 6.45) is 10.6. The van der Waals surface area contributed by atoms with Crippen LogP contribution in [0.3, 0.4) is 0 Å². The van der Waals surface area contributed by atoms with E-state index in [1.807, 2.05) is 6.08 Å². The number of aliphatic hydroxyl groups excluding tert-OH is 2. The van der Waals surface area contributed by atoms with Crippen LogP contribution in [0.1, 0.15) is 51.9 Å². The molecule has 4 nitrogen and oxygen atoms in total. The van der Waals surface area contributed by atoms with Gasteiger partial charge in [-0.1, -0.05) is 56.3 Å². The Morgan fingerprint density at radius 1 is 1.04 bits per heavy atom. The third-order valence-electron chi connectivity index (χ3n) is 3.11. The van der Waals surface area contributed by atoms with Gasteiger partial charge in [0.15, 0.2) is 0 Å². The monoisotopic (exact) mass is 332 g/mol. The maximum atomic E-state index is 10.6. The lowest BCUT2D eigenvalue weighted by Crippen LogP contribution is -2.00. The largest absolute Gasteiger partial charge is 0.466 e. The lowest BCUT2D eigenvalue weighted by atomic mass is 10.1. The molecule has 0 amide bonds. The predicted octanol–water partition coefficient (Wildman–Crippen LogP) is 2.75. The van der Waals surface area contributed by atoms with Gasteiger partial charge in [-0.2, -0.15) is 0 Å². The highest BCUT2D eigenvalue weighted by molar-refractivity contribution is 5.65. The lowest BCUT2D eigenvalue weighted by Gasteiger charge is -2.02. The van der Waals surface area contributed by atoms with Crippen LogP contribution in [0.25, 0.3) is 0 Å². The maximum Gasteiger partial charge on any atom is 0.302 e. The van der Waals surface area contributed by atoms with Crippen molar-refractivity contribution in [3.05, 3.63) is 24.8 Å². The van der Waals surface area contributed by atoms with Crippen LogP contribution in [0.2, 0.25) is 0 Å². The number of hydrogen-bond donors (Lipinski definition) is 2. The number of carbonyl (C=O) groups excluding carboxylic acids is 1. The summed E-state index contributed by atoms with van der Waals surface area (Å²) in [6, 6.07) is 0. The summed E-state index contributed by atoms with van der Waals surface area (Å²) in [5.41, 5.74) is 0. The highest BCUT2D eigenvalue weighted by atomic mass is 16.5. The summed E-state index contributed by atoms with van der Waals surface area (Å²) in [4.78, 5) is 10.6. The van der Waals surface area contributed by atoms with E-state index < -0.39 is 12.2 Å². The van der Waals surface area contributed by atoms with Crippen molar-refractivity contribution in [2.75, 3.05) is 6.61 Å². The Balaban J connectivity index is 3.57. The summed E-state index contributed by atoms with van der Waals surface area (Å²) in [5, 5.41) is 18.7. The van der Waals surface area contributed by atoms with Gasteiger partial charge in [0.1, 0.15) is 12.2 Å². The first-order valence-electron chi connectivity index (χ1n) is 8.36. The topological polar surface area (TPSA) is 66.8 Å². The van der Waals surface area contributed by atoms with E-state index >= 15 is 0 Å². The highest BCUT2D eigenvalue weighted by Crippen LogP contribution is 2.08. The van der Waals surface area contributed by atoms with Gasteiger partial charge in [-0.25, -0.2) is 0 Å². The van der Waals surface area contributed by atoms with Gasteiger partial charge in [-0.3, -0.25) is 4.79 Å². The first-order chi connectivity index (χ1) is 11.6. The third kappa shape index (κ3) is 16.4. The molecule has 0 aromatic carbocycles. The molecular weight excluding hydrogens is 304 g/mol. The normalized spacial score (nSPS) is 12.5. The van der Waals surface area contributed by atoms with Crippen LogP contribution in [-0.4, -0.2) is 35.0 Å². The van der Waals surface area contributed by atoms with Crippen molar-refractivity contribution >= 4 is 5.97 Å². The summed E-state index contributed by atoms with van der Waals surface area (Å²) in [6.45, 7) is 5.34. The van der Waals surface area contributed by atoms with Gasteiger partial charge in [0, 0.05) is 6.92 Å². The maximum absolute atomic E-state index is 10.6. The summed E-state index contributed by atoms with van der Waals surface area (Å²) in [5.74, 6) is 9.76. The number of ether oxygens (including phenoxy) is 1. The summed E-state index contributed by atoms with van der Waals surface area (Å²) >= 11 is 0. The van der Waals surface area contributed by atoms with E-state index in [1.54, 1.807) is 6.08 Å². The number of allylic oxidation sites excluding steroid dienone is 1. The molecule has 2 N–H and O–H groups in total. The van der Waals surface area contributed by atoms with Crippen LogP contribution < -0.4 is 0 Å². The molecular formula is C20H28O4. The Kier molecular flexibility index (Phi) is 14.5. The zero-order valence-corrected chi connectivity index (χ0v) is 14.5. The first-order valence-corrected chi connectivity index (χ1v) is 8.36. The summed E-state index contributed by atoms with van der Waals surface area (Å²) < 4.78 is 4.87. The first kappa shape index (κ1) is 22.0. The molecule has 0 saturated carbocycles. The standard InChI is InChI=1S/C20H28O4/c1-3-19(22)14-11-12-16-20(23)15-10-8-6-4-5-7-9-13-17-24-18(2)21/h3,10,15,19-20,22-23H,1,4-9,13,17H2,2H3/b15-10-/t19-,20+/m1/s1. The van der Waals surface area contributed by atoms with Crippen LogP contribution in [0.4, 0.5) is 0 Å². The van der Waals surface area contributed by atoms with Crippen LogP contribution in [0.15, 0.2) is 24.8 Å². The number of carbonyl (C=O) groups is 1. The van der Waals surface area contributed by atoms with Gasteiger partial charge >= 0.3 is 5.97 Å². The molecule has 0 radical (unpaired) electrons. The number of rotatable bonds is 11. The molecule has 0 heterocycles. The Morgan fingerprint density at radius 2 is 1.62 bits per heavy atom. The fourth-order valence-corrected chi connectivity index (χ4v) is 1.84. The molecule has 0 aliphatic heterocycles. The predicted molar refractivity (Wildman–Crippen MR) is 95.9 cm³/mol. The van der Waals surface area contributed by atoms with Gasteiger partial charge in [0.05, 0.1) is 6.61 Å². The van der Waals surface area contributed by atoms with E-state index in [9.17, 15) is 9.90 Å². The number of esters is 1. The minimum absolute atomic E-state index is 0.213. The molecule has 0 rings (SSSR count). The molecule has 0 bridgehead atoms. The summed E-state index contributed by atoms with van der Waals surface area (Å²) in [7, 11) is 0. The molecule has 0 fully saturated rings. The Bertz CT molecular complexity index is 499. The third-order valence-corrected chi connectivity index (χ3v) is 3.11. The van der Waals surface area contributed by atoms with Crippen molar-refractivity contribution in [1.29, 1.82) is 0 Å². The Hall–Kier alpha value is -2.01. The Morgan fingerprint density at radius 3 is 2.25 bits per heavy atom. The molecule has 0 spiro atoms. The zero-order chi connectivity index (χ0) is 18.0. The number of unbranched alkanes of at least 4 members (excludes halogenated alkanes) is 6. The SMILES string of the molecule is C=C[C@@H](O)C#CC#C[C@@H](O)/C=C\CCCCCCCCOC(C)=O. The van der Waals surface area contributed by atoms with Crippen LogP contribution >= 0.6 is 0 Å². The van der Waals surface area contributed by atoms with Gasteiger partial charge < -0.3 is 14.9 Å². The van der Waals surface area contributed by atoms with Crippen molar-refractivity contribution in [3.63, 3.8) is 0 Å². The molecule has 132 valence electrons. The molecule has 0 aromatic heterocycles. The van der Waals surface area contributed by atoms with E-state index in [0.717, 1.165) is 44.9 Å². The average Bonchev–Trinajstić information content (AvgIpc) is 2.56. The van der Waals surface area contributed by atoms with Crippen molar-refractivity contribution in [2.45, 2.75) is 64.1 Å². The quantitative estimate of drug-likeness (QED) is 0.264.